The number of benzene rings is 4. The maximum Gasteiger partial charge on any atom is 0.245 e. The van der Waals surface area contributed by atoms with Gasteiger partial charge in [0.15, 0.2) is 13.0 Å². The summed E-state index contributed by atoms with van der Waals surface area (Å²) in [5.74, 6) is 0. The molecule has 0 aliphatic rings. The Hall–Kier alpha value is -3.55. The lowest BCUT2D eigenvalue weighted by atomic mass is 10.2. The van der Waals surface area contributed by atoms with E-state index in [-0.39, 0.29) is 0 Å². The van der Waals surface area contributed by atoms with Gasteiger partial charge in [0.1, 0.15) is 15.9 Å². The van der Waals surface area contributed by atoms with Crippen molar-refractivity contribution in [3.05, 3.63) is 121 Å². The second-order valence-electron chi connectivity index (χ2n) is 7.04. The lowest BCUT2D eigenvalue weighted by Gasteiger charge is -2.25. The molecule has 4 aromatic carbocycles. The molecule has 0 aliphatic heterocycles. The fourth-order valence-electron chi connectivity index (χ4n) is 4.02. The molecule has 5 aromatic rings. The van der Waals surface area contributed by atoms with Crippen LogP contribution in [0.4, 0.5) is 0 Å². The zero-order chi connectivity index (χ0) is 20.2. The van der Waals surface area contributed by atoms with Crippen LogP contribution in [-0.4, -0.2) is 15.4 Å². The van der Waals surface area contributed by atoms with E-state index in [1.165, 1.54) is 15.9 Å². The molecule has 3 nitrogen and oxygen atoms in total. The molecule has 0 radical (unpaired) electrons. The second-order valence-corrected chi connectivity index (χ2v) is 10.4. The molecule has 0 fully saturated rings. The minimum atomic E-state index is -2.27. The molecule has 0 atom stereocenters. The van der Waals surface area contributed by atoms with Crippen molar-refractivity contribution in [2.45, 2.75) is 0 Å². The molecule has 5 rings (SSSR count). The van der Waals surface area contributed by atoms with Gasteiger partial charge in [0.05, 0.1) is 0 Å². The number of H-pyrrole nitrogens is 1. The molecule has 144 valence electrons. The fraction of sp³-hybridized carbons (Fsp3) is 0. The quantitative estimate of drug-likeness (QED) is 0.447. The average molecular weight is 406 g/mol. The Balaban J connectivity index is 1.91. The monoisotopic (exact) mass is 406 g/mol. The van der Waals surface area contributed by atoms with Gasteiger partial charge in [0.25, 0.3) is 0 Å². The van der Waals surface area contributed by atoms with E-state index in [1.54, 1.807) is 0 Å². The maximum atomic E-state index is 4.81. The van der Waals surface area contributed by atoms with Gasteiger partial charge < -0.3 is 0 Å². The number of nitrogens with one attached hydrogen (secondary N) is 1. The number of nitrogens with zero attached hydrogens (tertiary/aromatic N) is 2. The first kappa shape index (κ1) is 18.5. The molecule has 0 saturated heterocycles. The molecule has 1 aromatic heterocycles. The summed E-state index contributed by atoms with van der Waals surface area (Å²) in [6.45, 7) is 0. The molecule has 4 heteroatoms. The molecule has 0 aliphatic carbocycles. The summed E-state index contributed by atoms with van der Waals surface area (Å²) in [6, 6.07) is 42.5. The third kappa shape index (κ3) is 3.04. The predicted molar refractivity (Wildman–Crippen MR) is 127 cm³/mol. The van der Waals surface area contributed by atoms with E-state index in [2.05, 4.69) is 113 Å². The van der Waals surface area contributed by atoms with Gasteiger partial charge in [-0.2, -0.15) is 10.3 Å². The van der Waals surface area contributed by atoms with Crippen LogP contribution in [0.3, 0.4) is 0 Å². The average Bonchev–Trinajstić information content (AvgIpc) is 3.33. The highest BCUT2D eigenvalue weighted by molar-refractivity contribution is 8.01. The maximum absolute atomic E-state index is 4.81. The van der Waals surface area contributed by atoms with Crippen LogP contribution >= 0.6 is 7.26 Å². The molecule has 0 amide bonds. The zero-order valence-electron chi connectivity index (χ0n) is 16.4. The van der Waals surface area contributed by atoms with Crippen molar-refractivity contribution in [3.63, 3.8) is 0 Å². The van der Waals surface area contributed by atoms with E-state index in [1.807, 2.05) is 18.2 Å². The number of hydrogen-bond donors (Lipinski definition) is 1. The highest BCUT2D eigenvalue weighted by Gasteiger charge is 2.52. The first-order valence-corrected chi connectivity index (χ1v) is 11.7. The summed E-state index contributed by atoms with van der Waals surface area (Å²) < 4.78 is 0. The van der Waals surface area contributed by atoms with Crippen molar-refractivity contribution in [3.8, 4) is 11.3 Å². The molecule has 0 saturated carbocycles. The Kier molecular flexibility index (Phi) is 4.96. The molecule has 1 heterocycles. The fourth-order valence-corrected chi connectivity index (χ4v) is 8.20. The Morgan fingerprint density at radius 1 is 0.467 bits per heavy atom. The van der Waals surface area contributed by atoms with Crippen LogP contribution in [0, 0.1) is 0 Å². The van der Waals surface area contributed by atoms with Crippen LogP contribution < -0.4 is 21.3 Å². The van der Waals surface area contributed by atoms with Gasteiger partial charge in [-0.05, 0) is 36.4 Å². The summed E-state index contributed by atoms with van der Waals surface area (Å²) in [6.07, 6.45) is 0. The van der Waals surface area contributed by atoms with Crippen molar-refractivity contribution in [1.82, 2.24) is 15.4 Å². The normalized spacial score (nSPS) is 11.3. The Morgan fingerprint density at radius 2 is 0.867 bits per heavy atom. The minimum absolute atomic E-state index is 0.903. The standard InChI is InChI=1S/C26H21N3P/c1-5-13-21(14-6-1)25-26(28-29-27-25)30(22-15-7-2-8-16-22,23-17-9-3-10-18-23)24-19-11-4-12-20-24/h1-20H,(H,27,28,29)/q+1. The first-order valence-electron chi connectivity index (χ1n) is 9.93. The van der Waals surface area contributed by atoms with Crippen molar-refractivity contribution in [2.24, 2.45) is 0 Å². The first-order chi connectivity index (χ1) is 14.9. The number of hydrogen-bond acceptors (Lipinski definition) is 2. The van der Waals surface area contributed by atoms with Crippen molar-refractivity contribution in [2.75, 3.05) is 0 Å². The summed E-state index contributed by atoms with van der Waals surface area (Å²) in [7, 11) is -2.27. The Labute approximate surface area is 176 Å². The molecule has 0 unspecified atom stereocenters. The van der Waals surface area contributed by atoms with E-state index in [0.29, 0.717) is 0 Å². The van der Waals surface area contributed by atoms with Crippen LogP contribution in [-0.2, 0) is 0 Å². The molecule has 1 N–H and O–H groups in total. The minimum Gasteiger partial charge on any atom is -0.193 e. The third-order valence-corrected chi connectivity index (χ3v) is 9.49. The number of aromatic amines is 1. The van der Waals surface area contributed by atoms with E-state index in [4.69, 9.17) is 5.10 Å². The van der Waals surface area contributed by atoms with Crippen LogP contribution in [0.25, 0.3) is 11.3 Å². The van der Waals surface area contributed by atoms with E-state index < -0.39 is 7.26 Å². The summed E-state index contributed by atoms with van der Waals surface area (Å²) >= 11 is 0. The Bertz CT molecular complexity index is 1120. The number of rotatable bonds is 5. The van der Waals surface area contributed by atoms with Gasteiger partial charge in [-0.25, -0.2) is 0 Å². The van der Waals surface area contributed by atoms with Crippen molar-refractivity contribution < 1.29 is 0 Å². The smallest absolute Gasteiger partial charge is 0.193 e. The number of aromatic nitrogens is 3. The van der Waals surface area contributed by atoms with Crippen LogP contribution in [0.1, 0.15) is 0 Å². The topological polar surface area (TPSA) is 41.6 Å². The van der Waals surface area contributed by atoms with Crippen LogP contribution in [0.2, 0.25) is 0 Å². The highest BCUT2D eigenvalue weighted by atomic mass is 31.2. The predicted octanol–water partition coefficient (Wildman–Crippen LogP) is 4.09. The molecular weight excluding hydrogens is 385 g/mol. The van der Waals surface area contributed by atoms with E-state index >= 15 is 0 Å². The SMILES string of the molecule is c1ccc(-c2n[nH]nc2[P+](c2ccccc2)(c2ccccc2)c2ccccc2)cc1. The van der Waals surface area contributed by atoms with Gasteiger partial charge in [0, 0.05) is 5.56 Å². The van der Waals surface area contributed by atoms with Gasteiger partial charge in [-0.1, -0.05) is 84.9 Å². The van der Waals surface area contributed by atoms with Crippen LogP contribution in [0.5, 0.6) is 0 Å². The van der Waals surface area contributed by atoms with Crippen molar-refractivity contribution in [1.29, 1.82) is 0 Å². The van der Waals surface area contributed by atoms with Crippen molar-refractivity contribution >= 4 is 28.6 Å². The Morgan fingerprint density at radius 3 is 1.30 bits per heavy atom. The zero-order valence-corrected chi connectivity index (χ0v) is 17.3. The van der Waals surface area contributed by atoms with E-state index in [0.717, 1.165) is 16.7 Å². The second kappa shape index (κ2) is 8.06. The summed E-state index contributed by atoms with van der Waals surface area (Å²) in [4.78, 5) is 0. The molecule has 30 heavy (non-hydrogen) atoms. The molecular formula is C26H21N3P+. The highest BCUT2D eigenvalue weighted by Crippen LogP contribution is 2.55. The molecule has 0 bridgehead atoms. The summed E-state index contributed by atoms with van der Waals surface area (Å²) in [5, 5.41) is 16.1. The lowest BCUT2D eigenvalue weighted by molar-refractivity contribution is 0.949. The third-order valence-electron chi connectivity index (χ3n) is 5.32. The molecule has 0 spiro atoms. The van der Waals surface area contributed by atoms with Gasteiger partial charge in [-0.3, -0.25) is 0 Å². The van der Waals surface area contributed by atoms with Crippen LogP contribution in [0.15, 0.2) is 121 Å². The largest absolute Gasteiger partial charge is 0.245 e. The van der Waals surface area contributed by atoms with E-state index in [9.17, 15) is 0 Å². The van der Waals surface area contributed by atoms with Gasteiger partial charge >= 0.3 is 0 Å². The lowest BCUT2D eigenvalue weighted by Crippen LogP contribution is -2.40. The van der Waals surface area contributed by atoms with Gasteiger partial charge in [0.2, 0.25) is 5.44 Å². The summed E-state index contributed by atoms with van der Waals surface area (Å²) in [5.41, 5.74) is 2.96. The van der Waals surface area contributed by atoms with Gasteiger partial charge in [-0.15, -0.1) is 5.10 Å².